The Morgan fingerprint density at radius 3 is 2.39 bits per heavy atom. The molecule has 2 heterocycles. The van der Waals surface area contributed by atoms with Crippen LogP contribution in [0.2, 0.25) is 0 Å². The van der Waals surface area contributed by atoms with Crippen molar-refractivity contribution in [3.63, 3.8) is 0 Å². The molecule has 3 aromatic carbocycles. The van der Waals surface area contributed by atoms with Gasteiger partial charge in [0, 0.05) is 18.6 Å². The van der Waals surface area contributed by atoms with Crippen LogP contribution < -0.4 is 15.2 Å². The summed E-state index contributed by atoms with van der Waals surface area (Å²) in [6.07, 6.45) is 2.34. The summed E-state index contributed by atoms with van der Waals surface area (Å²) >= 11 is 0. The third kappa shape index (κ3) is 2.61. The third-order valence-corrected chi connectivity index (χ3v) is 6.28. The molecule has 1 saturated heterocycles. The van der Waals surface area contributed by atoms with Crippen molar-refractivity contribution in [2.24, 2.45) is 5.73 Å². The topological polar surface area (TPSA) is 67.9 Å². The first-order chi connectivity index (χ1) is 13.1. The van der Waals surface area contributed by atoms with Crippen molar-refractivity contribution in [1.29, 1.82) is 0 Å². The molecule has 2 atom stereocenters. The maximum Gasteiger partial charge on any atom is 0.161 e. The molecule has 2 unspecified atom stereocenters. The molecule has 28 heavy (non-hydrogen) atoms. The summed E-state index contributed by atoms with van der Waals surface area (Å²) in [5.74, 6) is 1.66. The highest BCUT2D eigenvalue weighted by molar-refractivity contribution is 6.12. The quantitative estimate of drug-likeness (QED) is 0.633. The average Bonchev–Trinajstić information content (AvgIpc) is 3.16. The first kappa shape index (κ1) is 19.1. The summed E-state index contributed by atoms with van der Waals surface area (Å²) < 4.78 is 11.1. The van der Waals surface area contributed by atoms with Crippen LogP contribution >= 0.6 is 12.4 Å². The van der Waals surface area contributed by atoms with Gasteiger partial charge in [0.15, 0.2) is 11.5 Å². The summed E-state index contributed by atoms with van der Waals surface area (Å²) in [6, 6.07) is 10.0. The van der Waals surface area contributed by atoms with Gasteiger partial charge in [-0.1, -0.05) is 6.07 Å². The zero-order valence-corrected chi connectivity index (χ0v) is 16.9. The second-order valence-corrected chi connectivity index (χ2v) is 7.58. The number of nitrogens with two attached hydrogens (primary N) is 1. The van der Waals surface area contributed by atoms with Crippen LogP contribution in [0.5, 0.6) is 17.2 Å². The Bertz CT molecular complexity index is 1070. The van der Waals surface area contributed by atoms with E-state index in [0.29, 0.717) is 17.5 Å². The monoisotopic (exact) mass is 400 g/mol. The van der Waals surface area contributed by atoms with Crippen LogP contribution in [0.4, 0.5) is 0 Å². The lowest BCUT2D eigenvalue weighted by molar-refractivity contribution is 0.200. The van der Waals surface area contributed by atoms with Crippen LogP contribution in [0.15, 0.2) is 30.3 Å². The minimum absolute atomic E-state index is 0. The summed E-state index contributed by atoms with van der Waals surface area (Å²) in [4.78, 5) is 2.51. The van der Waals surface area contributed by atoms with Gasteiger partial charge in [0.1, 0.15) is 5.75 Å². The first-order valence-corrected chi connectivity index (χ1v) is 9.45. The molecule has 0 aliphatic carbocycles. The number of hydrogen-bond donors (Lipinski definition) is 2. The highest BCUT2D eigenvalue weighted by atomic mass is 35.5. The minimum Gasteiger partial charge on any atom is -0.508 e. The fraction of sp³-hybridized carbons (Fsp3) is 0.364. The van der Waals surface area contributed by atoms with Gasteiger partial charge in [0.05, 0.1) is 14.2 Å². The summed E-state index contributed by atoms with van der Waals surface area (Å²) in [7, 11) is 3.30. The fourth-order valence-electron chi connectivity index (χ4n) is 5.05. The molecule has 0 saturated carbocycles. The number of nitrogens with zero attached hydrogens (tertiary/aromatic N) is 1. The van der Waals surface area contributed by atoms with Crippen LogP contribution in [0.1, 0.15) is 30.0 Å². The van der Waals surface area contributed by atoms with E-state index in [1.807, 2.05) is 18.2 Å². The number of aromatic hydroxyl groups is 1. The molecule has 148 valence electrons. The first-order valence-electron chi connectivity index (χ1n) is 9.45. The smallest absolute Gasteiger partial charge is 0.161 e. The van der Waals surface area contributed by atoms with Gasteiger partial charge >= 0.3 is 0 Å². The predicted molar refractivity (Wildman–Crippen MR) is 114 cm³/mol. The standard InChI is InChI=1S/C22H24N2O3.ClH/c1-26-19-9-15-14-8-12(25)5-6-13(14)21-17(16(15)10-20(19)27-2)11-24-7-3-4-18(24)22(21)23;/h5-6,8-10,18,22,25H,3-4,7,11,23H2,1-2H3;1H. The average molecular weight is 401 g/mol. The fourth-order valence-corrected chi connectivity index (χ4v) is 5.05. The van der Waals surface area contributed by atoms with Crippen molar-refractivity contribution >= 4 is 34.0 Å². The molecule has 2 aliphatic rings. The van der Waals surface area contributed by atoms with Crippen molar-refractivity contribution in [1.82, 2.24) is 4.90 Å². The zero-order valence-electron chi connectivity index (χ0n) is 16.1. The van der Waals surface area contributed by atoms with Gasteiger partial charge in [-0.15, -0.1) is 12.4 Å². The van der Waals surface area contributed by atoms with Gasteiger partial charge < -0.3 is 20.3 Å². The number of ether oxygens (including phenoxy) is 2. The Morgan fingerprint density at radius 1 is 1.00 bits per heavy atom. The lowest BCUT2D eigenvalue weighted by Gasteiger charge is -2.38. The Morgan fingerprint density at radius 2 is 1.68 bits per heavy atom. The molecule has 3 N–H and O–H groups in total. The number of halogens is 1. The lowest BCUT2D eigenvalue weighted by Crippen LogP contribution is -2.42. The number of hydrogen-bond acceptors (Lipinski definition) is 5. The number of phenols is 1. The molecule has 6 heteroatoms. The van der Waals surface area contributed by atoms with Crippen LogP contribution in [0, 0.1) is 0 Å². The molecule has 2 aliphatic heterocycles. The van der Waals surface area contributed by atoms with Gasteiger partial charge in [-0.2, -0.15) is 0 Å². The second-order valence-electron chi connectivity index (χ2n) is 7.58. The molecule has 0 radical (unpaired) electrons. The molecule has 0 spiro atoms. The van der Waals surface area contributed by atoms with Crippen LogP contribution in [0.3, 0.4) is 0 Å². The van der Waals surface area contributed by atoms with Crippen LogP contribution in [-0.2, 0) is 6.54 Å². The number of fused-ring (bicyclic) bond motifs is 7. The maximum absolute atomic E-state index is 10.1. The SMILES string of the molecule is COc1cc2c3c(c4ccc(O)cc4c2cc1OC)C(N)C1CCCN1C3.Cl. The van der Waals surface area contributed by atoms with E-state index in [-0.39, 0.29) is 24.2 Å². The van der Waals surface area contributed by atoms with Crippen molar-refractivity contribution in [2.45, 2.75) is 31.5 Å². The van der Waals surface area contributed by atoms with E-state index in [9.17, 15) is 5.11 Å². The second kappa shape index (κ2) is 6.99. The number of phenolic OH excluding ortho intramolecular Hbond substituents is 1. The van der Waals surface area contributed by atoms with Gasteiger partial charge in [0.25, 0.3) is 0 Å². The third-order valence-electron chi connectivity index (χ3n) is 6.28. The largest absolute Gasteiger partial charge is 0.508 e. The van der Waals surface area contributed by atoms with Gasteiger partial charge in [-0.05, 0) is 76.3 Å². The Balaban J connectivity index is 0.00000192. The lowest BCUT2D eigenvalue weighted by atomic mass is 9.82. The number of rotatable bonds is 2. The molecule has 0 bridgehead atoms. The molecule has 0 amide bonds. The van der Waals surface area contributed by atoms with E-state index < -0.39 is 0 Å². The van der Waals surface area contributed by atoms with E-state index in [4.69, 9.17) is 15.2 Å². The van der Waals surface area contributed by atoms with Crippen LogP contribution in [0.25, 0.3) is 21.5 Å². The van der Waals surface area contributed by atoms with Crippen molar-refractivity contribution in [3.05, 3.63) is 41.5 Å². The van der Waals surface area contributed by atoms with Crippen LogP contribution in [-0.4, -0.2) is 36.8 Å². The molecule has 5 rings (SSSR count). The molecule has 0 aromatic heterocycles. The van der Waals surface area contributed by atoms with Crippen molar-refractivity contribution < 1.29 is 14.6 Å². The van der Waals surface area contributed by atoms with E-state index in [1.165, 1.54) is 17.5 Å². The normalized spacial score (nSPS) is 21.2. The number of benzene rings is 3. The van der Waals surface area contributed by atoms with E-state index in [1.54, 1.807) is 20.3 Å². The Kier molecular flexibility index (Phi) is 4.78. The Labute approximate surface area is 170 Å². The summed E-state index contributed by atoms with van der Waals surface area (Å²) in [5, 5.41) is 14.5. The molecule has 1 fully saturated rings. The summed E-state index contributed by atoms with van der Waals surface area (Å²) in [6.45, 7) is 2.00. The van der Waals surface area contributed by atoms with E-state index >= 15 is 0 Å². The molecule has 3 aromatic rings. The summed E-state index contributed by atoms with van der Waals surface area (Å²) in [5.41, 5.74) is 9.28. The van der Waals surface area contributed by atoms with Gasteiger partial charge in [-0.3, -0.25) is 4.90 Å². The van der Waals surface area contributed by atoms with E-state index in [2.05, 4.69) is 11.0 Å². The predicted octanol–water partition coefficient (Wildman–Crippen LogP) is 4.12. The minimum atomic E-state index is -0.0270. The number of methoxy groups -OCH3 is 2. The highest BCUT2D eigenvalue weighted by Gasteiger charge is 2.38. The van der Waals surface area contributed by atoms with Gasteiger partial charge in [-0.25, -0.2) is 0 Å². The molecular formula is C22H25ClN2O3. The molecular weight excluding hydrogens is 376 g/mol. The molecule has 5 nitrogen and oxygen atoms in total. The van der Waals surface area contributed by atoms with Gasteiger partial charge in [0.2, 0.25) is 0 Å². The van der Waals surface area contributed by atoms with Crippen molar-refractivity contribution in [3.8, 4) is 17.2 Å². The van der Waals surface area contributed by atoms with E-state index in [0.717, 1.165) is 41.1 Å². The van der Waals surface area contributed by atoms with Crippen molar-refractivity contribution in [2.75, 3.05) is 20.8 Å². The zero-order chi connectivity index (χ0) is 18.7. The maximum atomic E-state index is 10.1. The highest BCUT2D eigenvalue weighted by Crippen LogP contribution is 2.46. The Hall–Kier alpha value is -2.21.